The Balaban J connectivity index is 2.82. The zero-order valence-corrected chi connectivity index (χ0v) is 6.99. The summed E-state index contributed by atoms with van der Waals surface area (Å²) in [4.78, 5) is 3.36. The van der Waals surface area contributed by atoms with Gasteiger partial charge in [0.15, 0.2) is 5.69 Å². The molecule has 0 aliphatic rings. The van der Waals surface area contributed by atoms with Gasteiger partial charge in [0.2, 0.25) is 0 Å². The fourth-order valence-electron chi connectivity index (χ4n) is 1.37. The molecule has 0 bridgehead atoms. The number of nitrogen functional groups attached to an aromatic ring is 1. The maximum absolute atomic E-state index is 6.87. The summed E-state index contributed by atoms with van der Waals surface area (Å²) in [7, 11) is 0. The molecule has 0 spiro atoms. The second-order valence-electron chi connectivity index (χ2n) is 2.86. The van der Waals surface area contributed by atoms with Gasteiger partial charge >= 0.3 is 0 Å². The van der Waals surface area contributed by atoms with E-state index in [9.17, 15) is 0 Å². The Hall–Kier alpha value is -2.01. The highest BCUT2D eigenvalue weighted by Gasteiger charge is 1.97. The van der Waals surface area contributed by atoms with Gasteiger partial charge in [0, 0.05) is 11.1 Å². The van der Waals surface area contributed by atoms with Crippen molar-refractivity contribution in [3.8, 4) is 0 Å². The number of benzene rings is 2. The summed E-state index contributed by atoms with van der Waals surface area (Å²) in [6.07, 6.45) is 0. The van der Waals surface area contributed by atoms with Crippen LogP contribution in [0.1, 0.15) is 0 Å². The van der Waals surface area contributed by atoms with Crippen LogP contribution in [-0.2, 0) is 0 Å². The molecular weight excluding hydrogens is 160 g/mol. The lowest BCUT2D eigenvalue weighted by Crippen LogP contribution is -1.85. The third-order valence-electron chi connectivity index (χ3n) is 2.03. The molecule has 13 heavy (non-hydrogen) atoms. The lowest BCUT2D eigenvalue weighted by molar-refractivity contribution is 1.73. The first-order chi connectivity index (χ1) is 6.31. The highest BCUT2D eigenvalue weighted by atomic mass is 14.6. The van der Waals surface area contributed by atoms with Gasteiger partial charge in [0.25, 0.3) is 0 Å². The summed E-state index contributed by atoms with van der Waals surface area (Å²) in [5.74, 6) is 0. The Kier molecular flexibility index (Phi) is 1.64. The molecule has 0 saturated carbocycles. The van der Waals surface area contributed by atoms with Crippen LogP contribution in [0.2, 0.25) is 0 Å². The van der Waals surface area contributed by atoms with Crippen LogP contribution in [0.5, 0.6) is 0 Å². The van der Waals surface area contributed by atoms with E-state index in [4.69, 9.17) is 12.3 Å². The molecule has 0 aliphatic heterocycles. The molecule has 2 aromatic rings. The van der Waals surface area contributed by atoms with Crippen molar-refractivity contribution in [2.75, 3.05) is 5.73 Å². The molecule has 62 valence electrons. The Morgan fingerprint density at radius 3 is 2.77 bits per heavy atom. The highest BCUT2D eigenvalue weighted by Crippen LogP contribution is 2.25. The number of anilines is 1. The smallest absolute Gasteiger partial charge is 0.187 e. The van der Waals surface area contributed by atoms with E-state index in [2.05, 4.69) is 4.85 Å². The third kappa shape index (κ3) is 1.21. The van der Waals surface area contributed by atoms with Gasteiger partial charge < -0.3 is 5.73 Å². The number of nitrogens with two attached hydrogens (primary N) is 1. The van der Waals surface area contributed by atoms with Gasteiger partial charge in [-0.3, -0.25) is 0 Å². The van der Waals surface area contributed by atoms with Crippen LogP contribution in [0.3, 0.4) is 0 Å². The van der Waals surface area contributed by atoms with Crippen LogP contribution in [0.15, 0.2) is 36.4 Å². The zero-order chi connectivity index (χ0) is 9.26. The molecule has 0 unspecified atom stereocenters. The van der Waals surface area contributed by atoms with Crippen LogP contribution < -0.4 is 5.73 Å². The molecule has 2 aromatic carbocycles. The van der Waals surface area contributed by atoms with Crippen molar-refractivity contribution in [3.05, 3.63) is 47.8 Å². The fourth-order valence-corrected chi connectivity index (χ4v) is 1.37. The predicted molar refractivity (Wildman–Crippen MR) is 54.6 cm³/mol. The molecule has 0 radical (unpaired) electrons. The lowest BCUT2D eigenvalue weighted by Gasteiger charge is -2.00. The van der Waals surface area contributed by atoms with Gasteiger partial charge in [0.05, 0.1) is 6.57 Å². The van der Waals surface area contributed by atoms with Crippen LogP contribution in [0.4, 0.5) is 11.4 Å². The Bertz CT molecular complexity index is 495. The number of fused-ring (bicyclic) bond motifs is 1. The van der Waals surface area contributed by atoms with Crippen molar-refractivity contribution in [1.29, 1.82) is 0 Å². The molecule has 2 N–H and O–H groups in total. The molecule has 0 aliphatic carbocycles. The van der Waals surface area contributed by atoms with E-state index in [0.717, 1.165) is 16.5 Å². The average Bonchev–Trinajstić information content (AvgIpc) is 2.18. The Morgan fingerprint density at radius 2 is 2.00 bits per heavy atom. The summed E-state index contributed by atoms with van der Waals surface area (Å²) in [5, 5.41) is 2.03. The second kappa shape index (κ2) is 2.80. The topological polar surface area (TPSA) is 30.4 Å². The molecule has 2 heteroatoms. The van der Waals surface area contributed by atoms with E-state index < -0.39 is 0 Å². The minimum atomic E-state index is 0.651. The standard InChI is InChI=1S/C11H8N2/c1-13-9-5-6-10-8(7-9)3-2-4-11(10)12/h2-7H,12H2. The third-order valence-corrected chi connectivity index (χ3v) is 2.03. The van der Waals surface area contributed by atoms with Gasteiger partial charge in [-0.2, -0.15) is 0 Å². The van der Waals surface area contributed by atoms with Gasteiger partial charge in [-0.25, -0.2) is 4.85 Å². The second-order valence-corrected chi connectivity index (χ2v) is 2.86. The van der Waals surface area contributed by atoms with E-state index in [1.165, 1.54) is 0 Å². The van der Waals surface area contributed by atoms with E-state index >= 15 is 0 Å². The number of nitrogens with zero attached hydrogens (tertiary/aromatic N) is 1. The summed E-state index contributed by atoms with van der Waals surface area (Å²) in [5.41, 5.74) is 7.18. The Labute approximate surface area is 76.4 Å². The molecule has 0 heterocycles. The zero-order valence-electron chi connectivity index (χ0n) is 6.99. The minimum Gasteiger partial charge on any atom is -0.398 e. The molecular formula is C11H8N2. The normalized spacial score (nSPS) is 9.77. The minimum absolute atomic E-state index is 0.651. The summed E-state index contributed by atoms with van der Waals surface area (Å²) < 4.78 is 0. The van der Waals surface area contributed by atoms with E-state index in [1.807, 2.05) is 30.3 Å². The average molecular weight is 168 g/mol. The maximum Gasteiger partial charge on any atom is 0.187 e. The van der Waals surface area contributed by atoms with E-state index in [1.54, 1.807) is 6.07 Å². The van der Waals surface area contributed by atoms with Gasteiger partial charge in [-0.15, -0.1) is 0 Å². The van der Waals surface area contributed by atoms with Gasteiger partial charge in [-0.1, -0.05) is 24.3 Å². The molecule has 2 nitrogen and oxygen atoms in total. The van der Waals surface area contributed by atoms with Crippen LogP contribution >= 0.6 is 0 Å². The monoisotopic (exact) mass is 168 g/mol. The summed E-state index contributed by atoms with van der Waals surface area (Å²) >= 11 is 0. The van der Waals surface area contributed by atoms with Gasteiger partial charge in [0.1, 0.15) is 0 Å². The Morgan fingerprint density at radius 1 is 1.15 bits per heavy atom. The first-order valence-corrected chi connectivity index (χ1v) is 3.97. The summed E-state index contributed by atoms with van der Waals surface area (Å²) in [6, 6.07) is 11.2. The highest BCUT2D eigenvalue weighted by molar-refractivity contribution is 5.94. The number of hydrogen-bond acceptors (Lipinski definition) is 1. The molecule has 0 aromatic heterocycles. The van der Waals surface area contributed by atoms with Crippen molar-refractivity contribution in [2.45, 2.75) is 0 Å². The quantitative estimate of drug-likeness (QED) is 0.475. The van der Waals surface area contributed by atoms with E-state index in [0.29, 0.717) is 5.69 Å². The molecule has 0 amide bonds. The van der Waals surface area contributed by atoms with Crippen LogP contribution in [0.25, 0.3) is 15.6 Å². The van der Waals surface area contributed by atoms with Crippen LogP contribution in [-0.4, -0.2) is 0 Å². The van der Waals surface area contributed by atoms with Crippen molar-refractivity contribution in [3.63, 3.8) is 0 Å². The fraction of sp³-hybridized carbons (Fsp3) is 0. The first kappa shape index (κ1) is 7.63. The maximum atomic E-state index is 6.87. The van der Waals surface area contributed by atoms with Crippen molar-refractivity contribution < 1.29 is 0 Å². The number of hydrogen-bond donors (Lipinski definition) is 1. The predicted octanol–water partition coefficient (Wildman–Crippen LogP) is 2.97. The van der Waals surface area contributed by atoms with Crippen molar-refractivity contribution in [1.82, 2.24) is 0 Å². The molecule has 0 fully saturated rings. The summed E-state index contributed by atoms with van der Waals surface area (Å²) in [6.45, 7) is 6.87. The van der Waals surface area contributed by atoms with Gasteiger partial charge in [-0.05, 0) is 17.5 Å². The van der Waals surface area contributed by atoms with Crippen LogP contribution in [0, 0.1) is 6.57 Å². The van der Waals surface area contributed by atoms with Crippen molar-refractivity contribution in [2.24, 2.45) is 0 Å². The van der Waals surface area contributed by atoms with E-state index in [-0.39, 0.29) is 0 Å². The molecule has 2 rings (SSSR count). The molecule has 0 saturated heterocycles. The largest absolute Gasteiger partial charge is 0.398 e. The van der Waals surface area contributed by atoms with Crippen molar-refractivity contribution >= 4 is 22.1 Å². The lowest BCUT2D eigenvalue weighted by atomic mass is 10.1. The SMILES string of the molecule is [C-]#[N+]c1ccc2c(N)cccc2c1. The number of rotatable bonds is 0. The first-order valence-electron chi connectivity index (χ1n) is 3.97. The molecule has 0 atom stereocenters.